The molecule has 2 aromatic carbocycles. The zero-order chi connectivity index (χ0) is 25.4. The summed E-state index contributed by atoms with van der Waals surface area (Å²) in [4.78, 5) is 32.0. The van der Waals surface area contributed by atoms with Gasteiger partial charge in [-0.25, -0.2) is 9.79 Å². The summed E-state index contributed by atoms with van der Waals surface area (Å²) in [5.74, 6) is 1.64. The third-order valence-electron chi connectivity index (χ3n) is 5.94. The third kappa shape index (κ3) is 3.93. The van der Waals surface area contributed by atoms with Crippen molar-refractivity contribution in [2.75, 3.05) is 27.6 Å². The Hall–Kier alpha value is -4.05. The Balaban J connectivity index is 1.74. The van der Waals surface area contributed by atoms with Gasteiger partial charge in [-0.15, -0.1) is 0 Å². The number of esters is 1. The molecule has 2 aliphatic rings. The van der Waals surface area contributed by atoms with Gasteiger partial charge in [0.05, 0.1) is 36.6 Å². The number of thiazole rings is 1. The SMILES string of the molecule is CCOC(=O)C1=C(C)N=c2sc(=Cc3ccc4c(c3)OCO4)c(=O)n2C1c1cccc(OC)c1OC. The molecule has 0 bridgehead atoms. The Morgan fingerprint density at radius 2 is 2.00 bits per heavy atom. The minimum Gasteiger partial charge on any atom is -0.493 e. The van der Waals surface area contributed by atoms with E-state index in [-0.39, 0.29) is 24.5 Å². The van der Waals surface area contributed by atoms with Crippen molar-refractivity contribution in [1.82, 2.24) is 4.57 Å². The molecule has 0 amide bonds. The lowest BCUT2D eigenvalue weighted by molar-refractivity contribution is -0.139. The number of fused-ring (bicyclic) bond motifs is 2. The van der Waals surface area contributed by atoms with Crippen LogP contribution < -0.4 is 33.8 Å². The van der Waals surface area contributed by atoms with Gasteiger partial charge in [-0.2, -0.15) is 0 Å². The van der Waals surface area contributed by atoms with E-state index in [0.717, 1.165) is 5.56 Å². The van der Waals surface area contributed by atoms with E-state index in [9.17, 15) is 9.59 Å². The zero-order valence-corrected chi connectivity index (χ0v) is 21.0. The van der Waals surface area contributed by atoms with Crippen LogP contribution in [-0.2, 0) is 9.53 Å². The third-order valence-corrected chi connectivity index (χ3v) is 6.92. The van der Waals surface area contributed by atoms with Gasteiger partial charge >= 0.3 is 5.97 Å². The number of hydrogen-bond acceptors (Lipinski definition) is 9. The fourth-order valence-electron chi connectivity index (χ4n) is 4.37. The van der Waals surface area contributed by atoms with Crippen LogP contribution in [0.3, 0.4) is 0 Å². The highest BCUT2D eigenvalue weighted by Crippen LogP contribution is 2.40. The molecule has 1 aromatic heterocycles. The topological polar surface area (TPSA) is 97.6 Å². The summed E-state index contributed by atoms with van der Waals surface area (Å²) in [6, 6.07) is 10.0. The maximum absolute atomic E-state index is 13.8. The smallest absolute Gasteiger partial charge is 0.338 e. The minimum absolute atomic E-state index is 0.166. The normalized spacial score (nSPS) is 16.4. The molecule has 0 N–H and O–H groups in total. The zero-order valence-electron chi connectivity index (χ0n) is 20.2. The van der Waals surface area contributed by atoms with Gasteiger partial charge in [-0.1, -0.05) is 29.5 Å². The average molecular weight is 509 g/mol. The van der Waals surface area contributed by atoms with E-state index in [0.29, 0.717) is 43.6 Å². The number of carbonyl (C=O) groups excluding carboxylic acids is 1. The van der Waals surface area contributed by atoms with Crippen molar-refractivity contribution < 1.29 is 28.5 Å². The summed E-state index contributed by atoms with van der Waals surface area (Å²) < 4.78 is 29.3. The van der Waals surface area contributed by atoms with Gasteiger partial charge in [-0.3, -0.25) is 9.36 Å². The molecule has 5 rings (SSSR count). The van der Waals surface area contributed by atoms with Crippen molar-refractivity contribution >= 4 is 23.4 Å². The summed E-state index contributed by atoms with van der Waals surface area (Å²) in [6.07, 6.45) is 1.77. The number of aromatic nitrogens is 1. The Bertz CT molecular complexity index is 1570. The van der Waals surface area contributed by atoms with Crippen molar-refractivity contribution in [2.45, 2.75) is 19.9 Å². The fourth-order valence-corrected chi connectivity index (χ4v) is 5.41. The second-order valence-electron chi connectivity index (χ2n) is 8.00. The second kappa shape index (κ2) is 9.54. The molecule has 3 heterocycles. The molecular weight excluding hydrogens is 484 g/mol. The molecule has 10 heteroatoms. The van der Waals surface area contributed by atoms with E-state index in [1.807, 2.05) is 12.1 Å². The molecule has 186 valence electrons. The number of carbonyl (C=O) groups is 1. The van der Waals surface area contributed by atoms with E-state index in [2.05, 4.69) is 4.99 Å². The van der Waals surface area contributed by atoms with Crippen LogP contribution in [0.1, 0.15) is 31.0 Å². The highest BCUT2D eigenvalue weighted by atomic mass is 32.1. The van der Waals surface area contributed by atoms with Crippen LogP contribution in [0.4, 0.5) is 0 Å². The standard InChI is InChI=1S/C26H24N2O7S/c1-5-33-25(30)21-14(2)27-26-28(22(21)16-7-6-8-18(31-3)23(16)32-4)24(29)20(36-26)12-15-9-10-17-19(11-15)35-13-34-17/h6-12,22H,5,13H2,1-4H3. The van der Waals surface area contributed by atoms with Crippen molar-refractivity contribution in [2.24, 2.45) is 4.99 Å². The summed E-state index contributed by atoms with van der Waals surface area (Å²) in [7, 11) is 3.05. The second-order valence-corrected chi connectivity index (χ2v) is 9.01. The first-order valence-corrected chi connectivity index (χ1v) is 12.1. The summed E-state index contributed by atoms with van der Waals surface area (Å²) in [5.41, 5.74) is 1.82. The van der Waals surface area contributed by atoms with Crippen LogP contribution in [0.15, 0.2) is 57.5 Å². The number of para-hydroxylation sites is 1. The number of benzene rings is 2. The van der Waals surface area contributed by atoms with E-state index < -0.39 is 12.0 Å². The first-order valence-electron chi connectivity index (χ1n) is 11.3. The molecule has 3 aromatic rings. The summed E-state index contributed by atoms with van der Waals surface area (Å²) in [6.45, 7) is 3.82. The van der Waals surface area contributed by atoms with Gasteiger partial charge in [0.2, 0.25) is 6.79 Å². The Morgan fingerprint density at radius 3 is 2.75 bits per heavy atom. The van der Waals surface area contributed by atoms with Gasteiger partial charge in [0, 0.05) is 5.56 Å². The molecule has 9 nitrogen and oxygen atoms in total. The quantitative estimate of drug-likeness (QED) is 0.472. The summed E-state index contributed by atoms with van der Waals surface area (Å²) >= 11 is 1.24. The molecule has 0 saturated carbocycles. The first-order chi connectivity index (χ1) is 17.5. The van der Waals surface area contributed by atoms with Crippen molar-refractivity contribution in [3.63, 3.8) is 0 Å². The molecule has 0 fully saturated rings. The molecule has 0 aliphatic carbocycles. The lowest BCUT2D eigenvalue weighted by Gasteiger charge is -2.26. The van der Waals surface area contributed by atoms with Gasteiger partial charge in [0.1, 0.15) is 6.04 Å². The van der Waals surface area contributed by atoms with E-state index in [4.69, 9.17) is 23.7 Å². The van der Waals surface area contributed by atoms with Gasteiger partial charge in [0.25, 0.3) is 5.56 Å². The molecule has 2 aliphatic heterocycles. The van der Waals surface area contributed by atoms with Gasteiger partial charge in [0.15, 0.2) is 27.8 Å². The van der Waals surface area contributed by atoms with Crippen LogP contribution in [0.5, 0.6) is 23.0 Å². The fraction of sp³-hybridized carbons (Fsp3) is 0.269. The van der Waals surface area contributed by atoms with Crippen molar-refractivity contribution in [3.05, 3.63) is 78.5 Å². The predicted molar refractivity (Wildman–Crippen MR) is 133 cm³/mol. The maximum atomic E-state index is 13.8. The molecule has 1 atom stereocenters. The minimum atomic E-state index is -0.816. The van der Waals surface area contributed by atoms with Crippen LogP contribution in [0, 0.1) is 0 Å². The molecule has 0 spiro atoms. The van der Waals surface area contributed by atoms with E-state index in [1.54, 1.807) is 44.2 Å². The number of hydrogen-bond donors (Lipinski definition) is 0. The number of ether oxygens (including phenoxy) is 5. The molecule has 0 saturated heterocycles. The number of methoxy groups -OCH3 is 2. The van der Waals surface area contributed by atoms with Gasteiger partial charge < -0.3 is 23.7 Å². The highest BCUT2D eigenvalue weighted by molar-refractivity contribution is 7.07. The number of nitrogens with zero attached hydrogens (tertiary/aromatic N) is 2. The Labute approximate surface area is 210 Å². The van der Waals surface area contributed by atoms with E-state index >= 15 is 0 Å². The molecule has 1 unspecified atom stereocenters. The maximum Gasteiger partial charge on any atom is 0.338 e. The van der Waals surface area contributed by atoms with E-state index in [1.165, 1.54) is 30.1 Å². The Morgan fingerprint density at radius 1 is 1.19 bits per heavy atom. The molecular formula is C26H24N2O7S. The molecule has 36 heavy (non-hydrogen) atoms. The monoisotopic (exact) mass is 508 g/mol. The Kier molecular flexibility index (Phi) is 6.27. The first kappa shape index (κ1) is 23.7. The lowest BCUT2D eigenvalue weighted by Crippen LogP contribution is -2.40. The highest BCUT2D eigenvalue weighted by Gasteiger charge is 2.35. The predicted octanol–water partition coefficient (Wildman–Crippen LogP) is 2.54. The number of rotatable bonds is 6. The average Bonchev–Trinajstić information content (AvgIpc) is 3.46. The van der Waals surface area contributed by atoms with Crippen LogP contribution in [0.2, 0.25) is 0 Å². The largest absolute Gasteiger partial charge is 0.493 e. The van der Waals surface area contributed by atoms with Crippen LogP contribution >= 0.6 is 11.3 Å². The van der Waals surface area contributed by atoms with Crippen molar-refractivity contribution in [1.29, 1.82) is 0 Å². The molecule has 0 radical (unpaired) electrons. The number of allylic oxidation sites excluding steroid dienone is 1. The van der Waals surface area contributed by atoms with Gasteiger partial charge in [-0.05, 0) is 43.7 Å². The lowest BCUT2D eigenvalue weighted by atomic mass is 9.94. The van der Waals surface area contributed by atoms with Crippen molar-refractivity contribution in [3.8, 4) is 23.0 Å². The van der Waals surface area contributed by atoms with Crippen LogP contribution in [0.25, 0.3) is 6.08 Å². The van der Waals surface area contributed by atoms with Crippen LogP contribution in [-0.4, -0.2) is 38.2 Å². The summed E-state index contributed by atoms with van der Waals surface area (Å²) in [5, 5.41) is 0.